The van der Waals surface area contributed by atoms with Gasteiger partial charge in [0.25, 0.3) is 0 Å². The van der Waals surface area contributed by atoms with Gasteiger partial charge in [-0.15, -0.1) is 0 Å². The van der Waals surface area contributed by atoms with Crippen molar-refractivity contribution in [1.82, 2.24) is 0 Å². The average Bonchev–Trinajstić information content (AvgIpc) is 2.40. The summed E-state index contributed by atoms with van der Waals surface area (Å²) in [6.45, 7) is 0.828. The molecule has 1 fully saturated rings. The largest absolute Gasteiger partial charge is 0.469 e. The lowest BCUT2D eigenvalue weighted by Gasteiger charge is -2.39. The quantitative estimate of drug-likeness (QED) is 0.329. The van der Waals surface area contributed by atoms with Gasteiger partial charge in [0.05, 0.1) is 19.3 Å². The predicted molar refractivity (Wildman–Crippen MR) is 70.9 cm³/mol. The maximum Gasteiger partial charge on any atom is 0.469 e. The van der Waals surface area contributed by atoms with Gasteiger partial charge in [0.2, 0.25) is 0 Å². The van der Waals surface area contributed by atoms with E-state index < -0.39 is 51.2 Å². The Labute approximate surface area is 123 Å². The Kier molecular flexibility index (Phi) is 7.59. The molecule has 0 aliphatic carbocycles. The van der Waals surface area contributed by atoms with Crippen LogP contribution in [0.5, 0.6) is 0 Å². The summed E-state index contributed by atoms with van der Waals surface area (Å²) in [4.78, 5) is 17.2. The summed E-state index contributed by atoms with van der Waals surface area (Å²) in [6, 6.07) is 0. The molecule has 126 valence electrons. The van der Waals surface area contributed by atoms with Crippen molar-refractivity contribution in [2.24, 2.45) is 0 Å². The van der Waals surface area contributed by atoms with Crippen molar-refractivity contribution in [3.8, 4) is 0 Å². The zero-order valence-corrected chi connectivity index (χ0v) is 13.2. The topological polar surface area (TPSA) is 155 Å². The number of rotatable bonds is 7. The normalized spacial score (nSPS) is 35.7. The van der Waals surface area contributed by atoms with Crippen LogP contribution in [0.25, 0.3) is 0 Å². The molecule has 5 N–H and O–H groups in total. The molecular weight excluding hydrogens is 330 g/mol. The van der Waals surface area contributed by atoms with Crippen LogP contribution in [-0.2, 0) is 23.1 Å². The molecule has 1 heterocycles. The van der Waals surface area contributed by atoms with E-state index in [4.69, 9.17) is 23.8 Å². The van der Waals surface area contributed by atoms with Crippen molar-refractivity contribution in [1.29, 1.82) is 0 Å². The van der Waals surface area contributed by atoms with Crippen LogP contribution in [-0.4, -0.2) is 75.1 Å². The fraction of sp³-hybridized carbons (Fsp3) is 1.00. The van der Waals surface area contributed by atoms with Crippen LogP contribution in [0.15, 0.2) is 0 Å². The van der Waals surface area contributed by atoms with E-state index in [1.54, 1.807) is 0 Å². The third-order valence-corrected chi connectivity index (χ3v) is 3.75. The highest BCUT2D eigenvalue weighted by Gasteiger charge is 2.42. The number of aliphatic hydroxyl groups is 3. The molecule has 0 aromatic carbocycles. The smallest absolute Gasteiger partial charge is 0.388 e. The zero-order chi connectivity index (χ0) is 16.2. The summed E-state index contributed by atoms with van der Waals surface area (Å²) in [5, 5.41) is 28.8. The summed E-state index contributed by atoms with van der Waals surface area (Å²) < 4.78 is 30.0. The molecule has 0 spiro atoms. The number of hydrogen-bond acceptors (Lipinski definition) is 8. The van der Waals surface area contributed by atoms with Crippen LogP contribution in [0.2, 0.25) is 0 Å². The number of hydrogen-bond donors (Lipinski definition) is 5. The van der Waals surface area contributed by atoms with Crippen molar-refractivity contribution < 1.29 is 48.2 Å². The second kappa shape index (κ2) is 8.24. The molecule has 21 heavy (non-hydrogen) atoms. The van der Waals surface area contributed by atoms with Gasteiger partial charge in [0.1, 0.15) is 24.4 Å². The highest BCUT2D eigenvalue weighted by Crippen LogP contribution is 2.36. The standard InChI is InChI=1S/C9H20O10P2/c1-4-6(10)7(11)8(12)9(18-4)16-2-5(19-20)3-17-21(13,14)15/h4-12H,2-3,20H2,1H3,(H2,13,14,15)/t4-,5+,6-,7+,8-,9-/m1/s1. The van der Waals surface area contributed by atoms with Crippen LogP contribution in [0.3, 0.4) is 0 Å². The minimum absolute atomic E-state index is 0.221. The van der Waals surface area contributed by atoms with E-state index in [9.17, 15) is 19.9 Å². The fourth-order valence-corrected chi connectivity index (χ4v) is 2.18. The van der Waals surface area contributed by atoms with Crippen molar-refractivity contribution in [3.63, 3.8) is 0 Å². The van der Waals surface area contributed by atoms with Gasteiger partial charge in [-0.05, 0) is 6.92 Å². The number of phosphoric ester groups is 1. The van der Waals surface area contributed by atoms with E-state index in [0.717, 1.165) is 0 Å². The number of phosphoric acid groups is 1. The SMILES string of the molecule is C[C@H]1O[C@@H](OC[C@@H](COP(=O)(O)O)OP)[C@H](O)[C@@H](O)[C@@H]1O. The van der Waals surface area contributed by atoms with E-state index in [0.29, 0.717) is 0 Å². The monoisotopic (exact) mass is 350 g/mol. The van der Waals surface area contributed by atoms with Crippen molar-refractivity contribution >= 4 is 17.3 Å². The van der Waals surface area contributed by atoms with Crippen LogP contribution in [0.1, 0.15) is 6.92 Å². The van der Waals surface area contributed by atoms with Crippen LogP contribution < -0.4 is 0 Å². The Morgan fingerprint density at radius 1 is 1.19 bits per heavy atom. The van der Waals surface area contributed by atoms with Gasteiger partial charge < -0.3 is 39.1 Å². The highest BCUT2D eigenvalue weighted by atomic mass is 31.2. The first-order valence-electron chi connectivity index (χ1n) is 6.02. The van der Waals surface area contributed by atoms with Crippen molar-refractivity contribution in [2.45, 2.75) is 43.7 Å². The van der Waals surface area contributed by atoms with Crippen LogP contribution in [0, 0.1) is 0 Å². The molecule has 1 unspecified atom stereocenters. The second-order valence-corrected chi connectivity index (χ2v) is 6.07. The minimum Gasteiger partial charge on any atom is -0.388 e. The molecule has 0 saturated carbocycles. The summed E-state index contributed by atoms with van der Waals surface area (Å²) in [5.74, 6) is 0. The molecule has 1 rings (SSSR count). The third-order valence-electron chi connectivity index (χ3n) is 2.88. The maximum absolute atomic E-state index is 10.6. The molecule has 0 aromatic rings. The average molecular weight is 350 g/mol. The Morgan fingerprint density at radius 3 is 2.33 bits per heavy atom. The van der Waals surface area contributed by atoms with Crippen LogP contribution >= 0.6 is 17.3 Å². The summed E-state index contributed by atoms with van der Waals surface area (Å²) >= 11 is 0. The Balaban J connectivity index is 2.46. The molecule has 0 bridgehead atoms. The maximum atomic E-state index is 10.6. The Morgan fingerprint density at radius 2 is 1.81 bits per heavy atom. The first kappa shape index (κ1) is 19.3. The van der Waals surface area contributed by atoms with Crippen molar-refractivity contribution in [3.05, 3.63) is 0 Å². The predicted octanol–water partition coefficient (Wildman–Crippen LogP) is -1.88. The Hall–Kier alpha value is 0.300. The zero-order valence-electron chi connectivity index (χ0n) is 11.2. The van der Waals surface area contributed by atoms with Gasteiger partial charge >= 0.3 is 7.82 Å². The van der Waals surface area contributed by atoms with E-state index in [2.05, 4.69) is 4.52 Å². The molecule has 0 aromatic heterocycles. The minimum atomic E-state index is -4.63. The second-order valence-electron chi connectivity index (χ2n) is 4.56. The third kappa shape index (κ3) is 6.13. The van der Waals surface area contributed by atoms with E-state index >= 15 is 0 Å². The summed E-state index contributed by atoms with van der Waals surface area (Å²) in [5.41, 5.74) is 0. The molecule has 0 radical (unpaired) electrons. The first-order chi connectivity index (χ1) is 9.65. The molecule has 1 aliphatic rings. The lowest BCUT2D eigenvalue weighted by molar-refractivity contribution is -0.296. The van der Waals surface area contributed by atoms with Crippen molar-refractivity contribution in [2.75, 3.05) is 13.2 Å². The van der Waals surface area contributed by atoms with Crippen LogP contribution in [0.4, 0.5) is 0 Å². The van der Waals surface area contributed by atoms with Gasteiger partial charge in [-0.1, -0.05) is 0 Å². The van der Waals surface area contributed by atoms with E-state index in [1.807, 2.05) is 9.47 Å². The number of ether oxygens (including phenoxy) is 2. The van der Waals surface area contributed by atoms with E-state index in [1.165, 1.54) is 6.92 Å². The first-order valence-corrected chi connectivity index (χ1v) is 8.02. The fourth-order valence-electron chi connectivity index (χ4n) is 1.66. The molecule has 0 amide bonds. The lowest BCUT2D eigenvalue weighted by Crippen LogP contribution is -2.57. The van der Waals surface area contributed by atoms with Gasteiger partial charge in [0.15, 0.2) is 6.29 Å². The molecule has 10 nitrogen and oxygen atoms in total. The molecule has 7 atom stereocenters. The Bertz CT molecular complexity index is 362. The summed E-state index contributed by atoms with van der Waals surface area (Å²) in [6.07, 6.45) is -6.96. The van der Waals surface area contributed by atoms with E-state index in [-0.39, 0.29) is 6.61 Å². The molecular formula is C9H20O10P2. The van der Waals surface area contributed by atoms with Gasteiger partial charge in [0, 0.05) is 9.47 Å². The van der Waals surface area contributed by atoms with Gasteiger partial charge in [-0.25, -0.2) is 4.57 Å². The summed E-state index contributed by atoms with van der Waals surface area (Å²) in [7, 11) is -2.73. The molecule has 1 aliphatic heterocycles. The molecule has 1 saturated heterocycles. The lowest BCUT2D eigenvalue weighted by atomic mass is 10.0. The van der Waals surface area contributed by atoms with Gasteiger partial charge in [-0.3, -0.25) is 4.52 Å². The van der Waals surface area contributed by atoms with Gasteiger partial charge in [-0.2, -0.15) is 0 Å². The highest BCUT2D eigenvalue weighted by molar-refractivity contribution is 7.46. The molecule has 12 heteroatoms. The number of aliphatic hydroxyl groups excluding tert-OH is 3.